The van der Waals surface area contributed by atoms with Crippen molar-refractivity contribution < 1.29 is 22.4 Å². The number of carbonyl (C=O) groups excluding carboxylic acids is 1. The molecule has 1 aliphatic rings. The maximum atomic E-state index is 13.0. The molecule has 1 aromatic carbocycles. The van der Waals surface area contributed by atoms with Gasteiger partial charge >= 0.3 is 12.2 Å². The third-order valence-electron chi connectivity index (χ3n) is 5.42. The number of allylic oxidation sites excluding steroid dienone is 4. The fourth-order valence-electron chi connectivity index (χ4n) is 3.87. The summed E-state index contributed by atoms with van der Waals surface area (Å²) >= 11 is 0. The van der Waals surface area contributed by atoms with Crippen LogP contribution >= 0.6 is 0 Å². The molecule has 0 bridgehead atoms. The summed E-state index contributed by atoms with van der Waals surface area (Å²) in [5.41, 5.74) is 2.05. The van der Waals surface area contributed by atoms with E-state index in [-0.39, 0.29) is 13.1 Å². The molecule has 10 heteroatoms. The first-order valence-electron chi connectivity index (χ1n) is 10.7. The van der Waals surface area contributed by atoms with Gasteiger partial charge in [-0.1, -0.05) is 49.1 Å². The maximum Gasteiger partial charge on any atom is 0.401 e. The summed E-state index contributed by atoms with van der Waals surface area (Å²) in [6.45, 7) is 4.18. The second-order valence-corrected chi connectivity index (χ2v) is 8.21. The number of nitrogens with zero attached hydrogens (tertiary/aromatic N) is 3. The van der Waals surface area contributed by atoms with Gasteiger partial charge in [-0.05, 0) is 18.6 Å². The van der Waals surface area contributed by atoms with Crippen molar-refractivity contribution in [3.63, 3.8) is 0 Å². The number of hydrogen-bond donors (Lipinski definition) is 2. The lowest BCUT2D eigenvalue weighted by Gasteiger charge is -2.20. The smallest absolute Gasteiger partial charge is 0.333 e. The van der Waals surface area contributed by atoms with Gasteiger partial charge in [0.15, 0.2) is 0 Å². The van der Waals surface area contributed by atoms with E-state index in [9.17, 15) is 22.4 Å². The number of carbonyl (C=O) groups is 1. The van der Waals surface area contributed by atoms with Crippen LogP contribution in [-0.4, -0.2) is 52.6 Å². The largest absolute Gasteiger partial charge is 0.401 e. The van der Waals surface area contributed by atoms with E-state index in [0.717, 1.165) is 5.56 Å². The Bertz CT molecular complexity index is 1070. The topological polar surface area (TPSA) is 62.2 Å². The van der Waals surface area contributed by atoms with Crippen LogP contribution in [0, 0.1) is 5.92 Å². The van der Waals surface area contributed by atoms with Crippen LogP contribution in [0.3, 0.4) is 0 Å². The summed E-state index contributed by atoms with van der Waals surface area (Å²) in [4.78, 5) is 13.9. The van der Waals surface area contributed by atoms with Gasteiger partial charge in [0, 0.05) is 37.7 Å². The van der Waals surface area contributed by atoms with E-state index in [4.69, 9.17) is 0 Å². The van der Waals surface area contributed by atoms with E-state index in [1.54, 1.807) is 19.2 Å². The van der Waals surface area contributed by atoms with E-state index in [2.05, 4.69) is 22.3 Å². The summed E-state index contributed by atoms with van der Waals surface area (Å²) in [6.07, 6.45) is -0.141. The Labute approximate surface area is 195 Å². The van der Waals surface area contributed by atoms with E-state index in [0.29, 0.717) is 17.1 Å². The van der Waals surface area contributed by atoms with Gasteiger partial charge in [0.05, 0.1) is 24.1 Å². The number of anilines is 1. The molecule has 0 saturated carbocycles. The Morgan fingerprint density at radius 1 is 1.26 bits per heavy atom. The highest BCUT2D eigenvalue weighted by Gasteiger charge is 2.40. The molecular weight excluding hydrogens is 450 g/mol. The van der Waals surface area contributed by atoms with Crippen LogP contribution in [-0.2, 0) is 7.05 Å². The lowest BCUT2D eigenvalue weighted by molar-refractivity contribution is -0.143. The van der Waals surface area contributed by atoms with Crippen LogP contribution in [0.15, 0.2) is 72.6 Å². The molecule has 6 nitrogen and oxygen atoms in total. The fraction of sp³-hybridized carbons (Fsp3) is 0.333. The number of aromatic nitrogens is 2. The van der Waals surface area contributed by atoms with Gasteiger partial charge in [0.2, 0.25) is 0 Å². The lowest BCUT2D eigenvalue weighted by Crippen LogP contribution is -2.43. The van der Waals surface area contributed by atoms with Gasteiger partial charge in [-0.25, -0.2) is 9.18 Å². The molecule has 0 aliphatic carbocycles. The van der Waals surface area contributed by atoms with Gasteiger partial charge in [0.25, 0.3) is 0 Å². The van der Waals surface area contributed by atoms with Crippen molar-refractivity contribution in [2.45, 2.75) is 19.1 Å². The first-order chi connectivity index (χ1) is 16.0. The summed E-state index contributed by atoms with van der Waals surface area (Å²) in [7, 11) is 1.68. The second-order valence-electron chi connectivity index (χ2n) is 8.21. The minimum atomic E-state index is -4.37. The molecule has 2 aromatic rings. The molecule has 1 fully saturated rings. The number of likely N-dealkylation sites (tertiary alicyclic amines) is 1. The van der Waals surface area contributed by atoms with Gasteiger partial charge in [-0.3, -0.25) is 14.9 Å². The molecule has 2 N–H and O–H groups in total. The molecule has 2 heterocycles. The Morgan fingerprint density at radius 3 is 2.62 bits per heavy atom. The monoisotopic (exact) mass is 477 g/mol. The van der Waals surface area contributed by atoms with Gasteiger partial charge in [0.1, 0.15) is 5.82 Å². The fourth-order valence-corrected chi connectivity index (χ4v) is 3.87. The van der Waals surface area contributed by atoms with Crippen LogP contribution in [0.25, 0.3) is 11.3 Å². The number of amides is 2. The van der Waals surface area contributed by atoms with Crippen molar-refractivity contribution in [1.82, 2.24) is 20.0 Å². The number of alkyl halides is 3. The predicted molar refractivity (Wildman–Crippen MR) is 124 cm³/mol. The van der Waals surface area contributed by atoms with Crippen LogP contribution in [0.2, 0.25) is 0 Å². The summed E-state index contributed by atoms with van der Waals surface area (Å²) < 4.78 is 53.3. The zero-order chi connectivity index (χ0) is 24.9. The van der Waals surface area contributed by atoms with Crippen LogP contribution in [0.1, 0.15) is 6.92 Å². The average Bonchev–Trinajstić information content (AvgIpc) is 3.30. The zero-order valence-corrected chi connectivity index (χ0v) is 18.9. The zero-order valence-electron chi connectivity index (χ0n) is 18.9. The molecule has 34 heavy (non-hydrogen) atoms. The van der Waals surface area contributed by atoms with Crippen LogP contribution in [0.4, 0.5) is 28.2 Å². The van der Waals surface area contributed by atoms with Crippen LogP contribution in [0.5, 0.6) is 0 Å². The predicted octanol–water partition coefficient (Wildman–Crippen LogP) is 5.06. The minimum absolute atomic E-state index is 0.00306. The molecule has 1 aliphatic heterocycles. The molecule has 1 aromatic heterocycles. The van der Waals surface area contributed by atoms with Gasteiger partial charge < -0.3 is 5.32 Å². The molecular formula is C24H27F4N5O. The van der Waals surface area contributed by atoms with E-state index in [1.165, 1.54) is 28.7 Å². The van der Waals surface area contributed by atoms with E-state index < -0.39 is 36.5 Å². The van der Waals surface area contributed by atoms with Gasteiger partial charge in [-0.2, -0.15) is 18.3 Å². The number of rotatable bonds is 7. The van der Waals surface area contributed by atoms with Crippen molar-refractivity contribution >= 4 is 11.8 Å². The van der Waals surface area contributed by atoms with Crippen LogP contribution < -0.4 is 10.6 Å². The van der Waals surface area contributed by atoms with Crippen molar-refractivity contribution in [2.24, 2.45) is 13.0 Å². The standard InChI is InChI=1S/C24H27F4N5O/c1-16(8-7-9-17(2)25)19-13-33(15-24(26,27)28)14-21(19)29-23(34)30-22-12-20(31-32(22)3)18-10-5-4-6-11-18/h4-12,19,21H,1,13-15H2,2-3H3,(H2,29,30,34)/b8-7-,17-9+/t19-,21+/m0/s1. The number of aryl methyl sites for hydroxylation is 1. The Kier molecular flexibility index (Phi) is 7.93. The Morgan fingerprint density at radius 2 is 1.97 bits per heavy atom. The number of benzene rings is 1. The molecule has 0 radical (unpaired) electrons. The Hall–Kier alpha value is -3.40. The molecule has 1 saturated heterocycles. The third kappa shape index (κ3) is 7.05. The summed E-state index contributed by atoms with van der Waals surface area (Å²) in [5.74, 6) is -0.446. The highest BCUT2D eigenvalue weighted by atomic mass is 19.4. The lowest BCUT2D eigenvalue weighted by atomic mass is 9.95. The van der Waals surface area contributed by atoms with Gasteiger partial charge in [-0.15, -0.1) is 0 Å². The van der Waals surface area contributed by atoms with Crippen molar-refractivity contribution in [2.75, 3.05) is 25.0 Å². The van der Waals surface area contributed by atoms with Crippen molar-refractivity contribution in [3.05, 3.63) is 72.6 Å². The number of nitrogens with one attached hydrogen (secondary N) is 2. The first kappa shape index (κ1) is 25.2. The summed E-state index contributed by atoms with van der Waals surface area (Å²) in [5, 5.41) is 9.87. The SMILES string of the molecule is C=C(/C=C\C=C(/C)F)[C@@H]1CN(CC(F)(F)F)C[C@H]1NC(=O)Nc1cc(-c2ccccc2)nn1C. The average molecular weight is 478 g/mol. The molecule has 182 valence electrons. The first-order valence-corrected chi connectivity index (χ1v) is 10.7. The Balaban J connectivity index is 1.71. The molecule has 2 amide bonds. The number of urea groups is 1. The maximum absolute atomic E-state index is 13.0. The molecule has 0 unspecified atom stereocenters. The number of halogens is 4. The van der Waals surface area contributed by atoms with E-state index >= 15 is 0 Å². The molecule has 0 spiro atoms. The number of hydrogen-bond acceptors (Lipinski definition) is 3. The summed E-state index contributed by atoms with van der Waals surface area (Å²) in [6, 6.07) is 9.96. The highest BCUT2D eigenvalue weighted by molar-refractivity contribution is 5.89. The van der Waals surface area contributed by atoms with E-state index in [1.807, 2.05) is 30.3 Å². The van der Waals surface area contributed by atoms with Crippen molar-refractivity contribution in [3.8, 4) is 11.3 Å². The quantitative estimate of drug-likeness (QED) is 0.433. The third-order valence-corrected chi connectivity index (χ3v) is 5.42. The van der Waals surface area contributed by atoms with Crippen molar-refractivity contribution in [1.29, 1.82) is 0 Å². The minimum Gasteiger partial charge on any atom is -0.333 e. The molecule has 2 atom stereocenters. The normalized spacial score (nSPS) is 19.5. The highest BCUT2D eigenvalue weighted by Crippen LogP contribution is 2.28. The second kappa shape index (κ2) is 10.7. The molecule has 3 rings (SSSR count).